The van der Waals surface area contributed by atoms with Crippen LogP contribution in [0.25, 0.3) is 0 Å². The Labute approximate surface area is 152 Å². The molecule has 0 fully saturated rings. The van der Waals surface area contributed by atoms with Crippen LogP contribution in [0.3, 0.4) is 0 Å². The summed E-state index contributed by atoms with van der Waals surface area (Å²) in [5, 5.41) is 0.368. The quantitative estimate of drug-likeness (QED) is 0.645. The number of alkyl halides is 3. The summed E-state index contributed by atoms with van der Waals surface area (Å²) >= 11 is 6.03. The van der Waals surface area contributed by atoms with Gasteiger partial charge in [0.25, 0.3) is 5.91 Å². The van der Waals surface area contributed by atoms with Crippen molar-refractivity contribution in [2.24, 2.45) is 0 Å². The van der Waals surface area contributed by atoms with Crippen LogP contribution in [0.4, 0.5) is 28.9 Å². The standard InChI is InChI=1S/C18H15ClF4N2O/c1-24-7-2-8-25(16-9-11(19)3-6-15(16)24)17(26)13-5-4-12(20)10-14(13)18(21,22)23/h3-6,9-10H,2,7-8H2,1H3. The minimum absolute atomic E-state index is 0.227. The molecule has 1 aliphatic heterocycles. The molecule has 0 N–H and O–H groups in total. The van der Waals surface area contributed by atoms with Gasteiger partial charge in [-0.05, 0) is 42.8 Å². The van der Waals surface area contributed by atoms with Crippen molar-refractivity contribution in [2.45, 2.75) is 12.6 Å². The van der Waals surface area contributed by atoms with Crippen LogP contribution < -0.4 is 9.80 Å². The second kappa shape index (κ2) is 6.79. The number of rotatable bonds is 1. The summed E-state index contributed by atoms with van der Waals surface area (Å²) in [7, 11) is 1.83. The smallest absolute Gasteiger partial charge is 0.373 e. The molecule has 0 bridgehead atoms. The number of amides is 1. The van der Waals surface area contributed by atoms with Gasteiger partial charge in [0.1, 0.15) is 5.82 Å². The summed E-state index contributed by atoms with van der Waals surface area (Å²) in [6, 6.07) is 7.00. The lowest BCUT2D eigenvalue weighted by Gasteiger charge is -2.25. The van der Waals surface area contributed by atoms with Crippen LogP contribution in [0.1, 0.15) is 22.3 Å². The molecule has 2 aromatic rings. The van der Waals surface area contributed by atoms with Gasteiger partial charge < -0.3 is 9.80 Å². The predicted octanol–water partition coefficient (Wildman–Crippen LogP) is 4.98. The highest BCUT2D eigenvalue weighted by molar-refractivity contribution is 6.31. The molecule has 1 aliphatic rings. The highest BCUT2D eigenvalue weighted by Gasteiger charge is 2.37. The van der Waals surface area contributed by atoms with Gasteiger partial charge in [0, 0.05) is 25.2 Å². The molecule has 0 saturated heterocycles. The molecule has 0 spiro atoms. The van der Waals surface area contributed by atoms with Crippen molar-refractivity contribution in [3.05, 3.63) is 58.4 Å². The zero-order valence-corrected chi connectivity index (χ0v) is 14.5. The van der Waals surface area contributed by atoms with E-state index in [9.17, 15) is 22.4 Å². The molecule has 0 aromatic heterocycles. The lowest BCUT2D eigenvalue weighted by molar-refractivity contribution is -0.138. The minimum Gasteiger partial charge on any atom is -0.373 e. The number of halogens is 5. The van der Waals surface area contributed by atoms with Gasteiger partial charge in [-0.15, -0.1) is 0 Å². The summed E-state index contributed by atoms with van der Waals surface area (Å²) in [6.07, 6.45) is -4.27. The lowest BCUT2D eigenvalue weighted by atomic mass is 10.0. The molecular formula is C18H15ClF4N2O. The van der Waals surface area contributed by atoms with Crippen molar-refractivity contribution in [3.63, 3.8) is 0 Å². The Balaban J connectivity index is 2.12. The van der Waals surface area contributed by atoms with Gasteiger partial charge in [-0.3, -0.25) is 4.79 Å². The molecule has 0 unspecified atom stereocenters. The topological polar surface area (TPSA) is 23.6 Å². The average molecular weight is 387 g/mol. The molecule has 1 amide bonds. The molecule has 138 valence electrons. The fourth-order valence-corrected chi connectivity index (χ4v) is 3.20. The number of carbonyl (C=O) groups is 1. The zero-order chi connectivity index (χ0) is 19.1. The first-order valence-electron chi connectivity index (χ1n) is 7.88. The second-order valence-corrected chi connectivity index (χ2v) is 6.49. The van der Waals surface area contributed by atoms with Gasteiger partial charge in [0.15, 0.2) is 0 Å². The van der Waals surface area contributed by atoms with Crippen LogP contribution in [0, 0.1) is 5.82 Å². The molecule has 3 rings (SSSR count). The summed E-state index contributed by atoms with van der Waals surface area (Å²) < 4.78 is 53.2. The second-order valence-electron chi connectivity index (χ2n) is 6.05. The fraction of sp³-hybridized carbons (Fsp3) is 0.278. The number of nitrogens with zero attached hydrogens (tertiary/aromatic N) is 2. The lowest BCUT2D eigenvalue weighted by Crippen LogP contribution is -2.33. The third-order valence-electron chi connectivity index (χ3n) is 4.28. The monoisotopic (exact) mass is 386 g/mol. The number of anilines is 2. The van der Waals surface area contributed by atoms with Gasteiger partial charge in [0.05, 0.1) is 22.5 Å². The van der Waals surface area contributed by atoms with Crippen LogP contribution >= 0.6 is 11.6 Å². The average Bonchev–Trinajstić information content (AvgIpc) is 2.72. The fourth-order valence-electron chi connectivity index (χ4n) is 3.04. The van der Waals surface area contributed by atoms with E-state index in [1.165, 1.54) is 4.90 Å². The van der Waals surface area contributed by atoms with E-state index >= 15 is 0 Å². The largest absolute Gasteiger partial charge is 0.417 e. The number of fused-ring (bicyclic) bond motifs is 1. The first-order valence-corrected chi connectivity index (χ1v) is 8.25. The van der Waals surface area contributed by atoms with Crippen molar-refractivity contribution < 1.29 is 22.4 Å². The van der Waals surface area contributed by atoms with Gasteiger partial charge in [0.2, 0.25) is 0 Å². The maximum absolute atomic E-state index is 13.3. The summed E-state index contributed by atoms with van der Waals surface area (Å²) in [5.41, 5.74) is -0.756. The van der Waals surface area contributed by atoms with Gasteiger partial charge >= 0.3 is 6.18 Å². The Bertz CT molecular complexity index is 854. The third-order valence-corrected chi connectivity index (χ3v) is 4.51. The van der Waals surface area contributed by atoms with Crippen LogP contribution in [0.5, 0.6) is 0 Å². The van der Waals surface area contributed by atoms with E-state index in [2.05, 4.69) is 0 Å². The van der Waals surface area contributed by atoms with Gasteiger partial charge in [-0.2, -0.15) is 13.2 Å². The summed E-state index contributed by atoms with van der Waals surface area (Å²) in [4.78, 5) is 16.1. The molecule has 0 saturated carbocycles. The van der Waals surface area contributed by atoms with E-state index in [1.807, 2.05) is 11.9 Å². The van der Waals surface area contributed by atoms with E-state index in [0.29, 0.717) is 35.4 Å². The molecule has 0 aliphatic carbocycles. The molecular weight excluding hydrogens is 372 g/mol. The van der Waals surface area contributed by atoms with Crippen LogP contribution in [-0.2, 0) is 6.18 Å². The van der Waals surface area contributed by atoms with Crippen molar-refractivity contribution in [2.75, 3.05) is 29.9 Å². The predicted molar refractivity (Wildman–Crippen MR) is 92.4 cm³/mol. The third kappa shape index (κ3) is 3.49. The van der Waals surface area contributed by atoms with E-state index in [-0.39, 0.29) is 6.54 Å². The van der Waals surface area contributed by atoms with E-state index in [0.717, 1.165) is 12.1 Å². The molecule has 8 heteroatoms. The van der Waals surface area contributed by atoms with Crippen LogP contribution in [-0.4, -0.2) is 26.0 Å². The molecule has 0 radical (unpaired) electrons. The number of carbonyl (C=O) groups excluding carboxylic acids is 1. The van der Waals surface area contributed by atoms with E-state index in [1.54, 1.807) is 18.2 Å². The number of hydrogen-bond donors (Lipinski definition) is 0. The summed E-state index contributed by atoms with van der Waals surface area (Å²) in [6.45, 7) is 0.860. The first kappa shape index (κ1) is 18.5. The summed E-state index contributed by atoms with van der Waals surface area (Å²) in [5.74, 6) is -1.89. The Morgan fingerprint density at radius 2 is 1.81 bits per heavy atom. The Hall–Kier alpha value is -2.28. The zero-order valence-electron chi connectivity index (χ0n) is 13.8. The minimum atomic E-state index is -4.84. The van der Waals surface area contributed by atoms with Crippen LogP contribution in [0.2, 0.25) is 5.02 Å². The van der Waals surface area contributed by atoms with Gasteiger partial charge in [-0.1, -0.05) is 11.6 Å². The van der Waals surface area contributed by atoms with E-state index < -0.39 is 29.0 Å². The SMILES string of the molecule is CN1CCCN(C(=O)c2ccc(F)cc2C(F)(F)F)c2cc(Cl)ccc21. The van der Waals surface area contributed by atoms with Gasteiger partial charge in [-0.25, -0.2) is 4.39 Å². The molecule has 1 heterocycles. The Kier molecular flexibility index (Phi) is 4.84. The number of benzene rings is 2. The highest BCUT2D eigenvalue weighted by atomic mass is 35.5. The molecule has 26 heavy (non-hydrogen) atoms. The normalized spacial score (nSPS) is 14.8. The molecule has 3 nitrogen and oxygen atoms in total. The first-order chi connectivity index (χ1) is 12.2. The van der Waals surface area contributed by atoms with E-state index in [4.69, 9.17) is 11.6 Å². The molecule has 0 atom stereocenters. The Morgan fingerprint density at radius 3 is 2.50 bits per heavy atom. The maximum Gasteiger partial charge on any atom is 0.417 e. The molecule has 2 aromatic carbocycles. The van der Waals surface area contributed by atoms with Crippen molar-refractivity contribution in [1.82, 2.24) is 0 Å². The Morgan fingerprint density at radius 1 is 1.08 bits per heavy atom. The van der Waals surface area contributed by atoms with Crippen molar-refractivity contribution >= 4 is 28.9 Å². The van der Waals surface area contributed by atoms with Crippen molar-refractivity contribution in [1.29, 1.82) is 0 Å². The van der Waals surface area contributed by atoms with Crippen LogP contribution in [0.15, 0.2) is 36.4 Å². The maximum atomic E-state index is 13.3. The van der Waals surface area contributed by atoms with Crippen molar-refractivity contribution in [3.8, 4) is 0 Å². The highest BCUT2D eigenvalue weighted by Crippen LogP contribution is 2.37. The number of hydrogen-bond acceptors (Lipinski definition) is 2.